The van der Waals surface area contributed by atoms with Crippen molar-refractivity contribution >= 4 is 0 Å². The van der Waals surface area contributed by atoms with Crippen molar-refractivity contribution in [2.24, 2.45) is 0 Å². The van der Waals surface area contributed by atoms with Gasteiger partial charge in [-0.25, -0.2) is 5.21 Å². The van der Waals surface area contributed by atoms with Crippen molar-refractivity contribution in [2.45, 2.75) is 19.9 Å². The summed E-state index contributed by atoms with van der Waals surface area (Å²) in [4.78, 5) is 0. The van der Waals surface area contributed by atoms with Gasteiger partial charge in [0.25, 0.3) is 0 Å². The van der Waals surface area contributed by atoms with Gasteiger partial charge in [0.2, 0.25) is 0 Å². The van der Waals surface area contributed by atoms with E-state index >= 15 is 0 Å². The van der Waals surface area contributed by atoms with Gasteiger partial charge in [0.1, 0.15) is 6.04 Å². The maximum absolute atomic E-state index is 9.03. The molecule has 0 amide bonds. The van der Waals surface area contributed by atoms with E-state index in [9.17, 15) is 0 Å². The predicted molar refractivity (Wildman–Crippen MR) is 29.0 cm³/mol. The number of rotatable bonds is 1. The van der Waals surface area contributed by atoms with Gasteiger partial charge in [-0.15, -0.1) is 0 Å². The molecule has 0 aromatic carbocycles. The Kier molecular flexibility index (Phi) is 1.78. The first-order chi connectivity index (χ1) is 2.94. The van der Waals surface area contributed by atoms with Crippen molar-refractivity contribution < 1.29 is 9.85 Å². The van der Waals surface area contributed by atoms with Crippen LogP contribution in [0, 0.1) is 0 Å². The first-order valence-electron chi connectivity index (χ1n) is 2.51. The summed E-state index contributed by atoms with van der Waals surface area (Å²) in [5.41, 5.74) is 0. The van der Waals surface area contributed by atoms with Crippen LogP contribution in [0.4, 0.5) is 0 Å². The standard InChI is InChI=1S/C5H14NO/c1-5(2)6(3,4)7/h5,7H,1-4H3/q+1. The minimum Gasteiger partial charge on any atom is -0.217 e. The third-order valence-electron chi connectivity index (χ3n) is 1.26. The lowest BCUT2D eigenvalue weighted by Gasteiger charge is -2.23. The SMILES string of the molecule is CC(C)[N+](C)(C)O. The molecule has 0 aliphatic carbocycles. The summed E-state index contributed by atoms with van der Waals surface area (Å²) in [6.07, 6.45) is 0. The third-order valence-corrected chi connectivity index (χ3v) is 1.26. The first-order valence-corrected chi connectivity index (χ1v) is 2.51. The lowest BCUT2D eigenvalue weighted by molar-refractivity contribution is -1.09. The highest BCUT2D eigenvalue weighted by Crippen LogP contribution is 1.97. The Morgan fingerprint density at radius 1 is 1.29 bits per heavy atom. The molecule has 0 saturated heterocycles. The van der Waals surface area contributed by atoms with Crippen molar-refractivity contribution in [3.05, 3.63) is 0 Å². The topological polar surface area (TPSA) is 20.2 Å². The maximum Gasteiger partial charge on any atom is 0.113 e. The molecule has 0 spiro atoms. The lowest BCUT2D eigenvalue weighted by atomic mass is 10.4. The molecule has 1 N–H and O–H groups in total. The molecule has 44 valence electrons. The van der Waals surface area contributed by atoms with Crippen molar-refractivity contribution in [3.8, 4) is 0 Å². The second kappa shape index (κ2) is 1.80. The summed E-state index contributed by atoms with van der Waals surface area (Å²) in [7, 11) is 3.51. The zero-order valence-electron chi connectivity index (χ0n) is 5.47. The van der Waals surface area contributed by atoms with Gasteiger partial charge in [0.05, 0.1) is 14.1 Å². The summed E-state index contributed by atoms with van der Waals surface area (Å²) >= 11 is 0. The molecule has 0 radical (unpaired) electrons. The Morgan fingerprint density at radius 3 is 1.43 bits per heavy atom. The van der Waals surface area contributed by atoms with Gasteiger partial charge in [-0.2, -0.15) is 4.65 Å². The molecule has 0 unspecified atom stereocenters. The van der Waals surface area contributed by atoms with E-state index in [-0.39, 0.29) is 4.65 Å². The summed E-state index contributed by atoms with van der Waals surface area (Å²) in [6.45, 7) is 3.94. The second-order valence-electron chi connectivity index (χ2n) is 2.57. The van der Waals surface area contributed by atoms with Crippen molar-refractivity contribution in [3.63, 3.8) is 0 Å². The number of hydroxylamine groups is 3. The summed E-state index contributed by atoms with van der Waals surface area (Å²) in [6, 6.07) is 0.292. The van der Waals surface area contributed by atoms with Crippen LogP contribution in [-0.2, 0) is 0 Å². The molecular weight excluding hydrogens is 90.1 g/mol. The molecule has 0 heterocycles. The maximum atomic E-state index is 9.03. The predicted octanol–water partition coefficient (Wildman–Crippen LogP) is 0.860. The monoisotopic (exact) mass is 104 g/mol. The molecule has 7 heavy (non-hydrogen) atoms. The van der Waals surface area contributed by atoms with E-state index in [0.29, 0.717) is 6.04 Å². The molecule has 2 nitrogen and oxygen atoms in total. The average Bonchev–Trinajstić information content (AvgIpc) is 1.31. The highest BCUT2D eigenvalue weighted by molar-refractivity contribution is 4.28. The van der Waals surface area contributed by atoms with Gasteiger partial charge in [-0.3, -0.25) is 0 Å². The molecule has 0 aromatic rings. The number of hydrogen-bond acceptors (Lipinski definition) is 1. The van der Waals surface area contributed by atoms with Gasteiger partial charge in [0.15, 0.2) is 0 Å². The van der Waals surface area contributed by atoms with Crippen LogP contribution in [0.2, 0.25) is 0 Å². The quantitative estimate of drug-likeness (QED) is 0.386. The molecule has 0 atom stereocenters. The van der Waals surface area contributed by atoms with Crippen LogP contribution in [0.5, 0.6) is 0 Å². The number of hydrogen-bond donors (Lipinski definition) is 1. The van der Waals surface area contributed by atoms with Gasteiger partial charge in [-0.05, 0) is 13.8 Å². The van der Waals surface area contributed by atoms with Crippen LogP contribution in [0.1, 0.15) is 13.8 Å². The Labute approximate surface area is 44.9 Å². The molecule has 0 rings (SSSR count). The fraction of sp³-hybridized carbons (Fsp3) is 1.00. The fourth-order valence-corrected chi connectivity index (χ4v) is 0. The Bertz CT molecular complexity index is 53.6. The smallest absolute Gasteiger partial charge is 0.113 e. The minimum atomic E-state index is 0.0556. The molecule has 2 heteroatoms. The van der Waals surface area contributed by atoms with E-state index in [4.69, 9.17) is 5.21 Å². The molecule has 0 aromatic heterocycles. The Balaban J connectivity index is 3.54. The van der Waals surface area contributed by atoms with E-state index in [1.54, 1.807) is 14.1 Å². The van der Waals surface area contributed by atoms with Crippen LogP contribution in [0.15, 0.2) is 0 Å². The first kappa shape index (κ1) is 6.92. The molecule has 0 saturated carbocycles. The lowest BCUT2D eigenvalue weighted by Crippen LogP contribution is -2.41. The summed E-state index contributed by atoms with van der Waals surface area (Å²) < 4.78 is 0.0556. The Hall–Kier alpha value is -0.0800. The van der Waals surface area contributed by atoms with Crippen LogP contribution < -0.4 is 0 Å². The van der Waals surface area contributed by atoms with Crippen LogP contribution >= 0.6 is 0 Å². The zero-order valence-corrected chi connectivity index (χ0v) is 5.47. The van der Waals surface area contributed by atoms with Crippen molar-refractivity contribution in [2.75, 3.05) is 14.1 Å². The molecule has 0 aliphatic rings. The zero-order chi connectivity index (χ0) is 6.08. The van der Waals surface area contributed by atoms with Crippen LogP contribution in [-0.4, -0.2) is 30.0 Å². The second-order valence-corrected chi connectivity index (χ2v) is 2.57. The highest BCUT2D eigenvalue weighted by Gasteiger charge is 2.14. The molecular formula is C5H14NO+. The van der Waals surface area contributed by atoms with Crippen LogP contribution in [0.3, 0.4) is 0 Å². The fourth-order valence-electron chi connectivity index (χ4n) is 0. The summed E-state index contributed by atoms with van der Waals surface area (Å²) in [5, 5.41) is 9.03. The van der Waals surface area contributed by atoms with Gasteiger partial charge >= 0.3 is 0 Å². The molecule has 0 bridgehead atoms. The van der Waals surface area contributed by atoms with Crippen molar-refractivity contribution in [1.29, 1.82) is 0 Å². The molecule has 0 aliphatic heterocycles. The minimum absolute atomic E-state index is 0.0556. The Morgan fingerprint density at radius 2 is 1.43 bits per heavy atom. The summed E-state index contributed by atoms with van der Waals surface area (Å²) in [5.74, 6) is 0. The third kappa shape index (κ3) is 2.60. The van der Waals surface area contributed by atoms with Gasteiger partial charge in [-0.1, -0.05) is 0 Å². The highest BCUT2D eigenvalue weighted by atomic mass is 16.5. The van der Waals surface area contributed by atoms with Crippen molar-refractivity contribution in [1.82, 2.24) is 0 Å². The van der Waals surface area contributed by atoms with E-state index in [1.165, 1.54) is 0 Å². The van der Waals surface area contributed by atoms with E-state index in [1.807, 2.05) is 13.8 Å². The van der Waals surface area contributed by atoms with Gasteiger partial charge < -0.3 is 0 Å². The van der Waals surface area contributed by atoms with Gasteiger partial charge in [0, 0.05) is 0 Å². The largest absolute Gasteiger partial charge is 0.217 e. The normalized spacial score (nSPS) is 12.9. The van der Waals surface area contributed by atoms with E-state index < -0.39 is 0 Å². The number of quaternary nitrogens is 1. The molecule has 0 fully saturated rings. The van der Waals surface area contributed by atoms with E-state index in [0.717, 1.165) is 0 Å². The van der Waals surface area contributed by atoms with E-state index in [2.05, 4.69) is 0 Å². The average molecular weight is 104 g/mol. The van der Waals surface area contributed by atoms with Crippen LogP contribution in [0.25, 0.3) is 0 Å². The number of nitrogens with zero attached hydrogens (tertiary/aromatic N) is 1.